The largest absolute Gasteiger partial charge is 0.480 e. The van der Waals surface area contributed by atoms with Gasteiger partial charge in [-0.3, -0.25) is 0 Å². The predicted octanol–water partition coefficient (Wildman–Crippen LogP) is 1.64. The molecular formula is C10H10FNO2. The third-order valence-electron chi connectivity index (χ3n) is 2.53. The number of aliphatic carboxylic acids is 1. The minimum Gasteiger partial charge on any atom is -0.480 e. The molecule has 0 saturated carbocycles. The van der Waals surface area contributed by atoms with Gasteiger partial charge in [0.1, 0.15) is 11.4 Å². The standard InChI is InChI=1S/C10H10FNO2/c1-10(9(13)14)5-6-7(11)3-2-4-8(6)12-10/h2-4,12H,5H2,1H3,(H,13,14). The van der Waals surface area contributed by atoms with Crippen LogP contribution in [0, 0.1) is 5.82 Å². The first kappa shape index (κ1) is 8.99. The Labute approximate surface area is 80.6 Å². The highest BCUT2D eigenvalue weighted by molar-refractivity contribution is 5.86. The summed E-state index contributed by atoms with van der Waals surface area (Å²) in [7, 11) is 0. The van der Waals surface area contributed by atoms with E-state index in [1.165, 1.54) is 6.07 Å². The zero-order valence-corrected chi connectivity index (χ0v) is 7.67. The Bertz CT molecular complexity index is 405. The summed E-state index contributed by atoms with van der Waals surface area (Å²) in [6.45, 7) is 1.55. The van der Waals surface area contributed by atoms with Gasteiger partial charge in [-0.1, -0.05) is 6.07 Å². The van der Waals surface area contributed by atoms with Crippen LogP contribution in [0.2, 0.25) is 0 Å². The summed E-state index contributed by atoms with van der Waals surface area (Å²) in [6, 6.07) is 4.59. The highest BCUT2D eigenvalue weighted by atomic mass is 19.1. The van der Waals surface area contributed by atoms with Crippen LogP contribution in [0.25, 0.3) is 0 Å². The molecule has 1 aromatic carbocycles. The lowest BCUT2D eigenvalue weighted by Gasteiger charge is -2.18. The van der Waals surface area contributed by atoms with Crippen molar-refractivity contribution < 1.29 is 14.3 Å². The molecule has 74 valence electrons. The predicted molar refractivity (Wildman–Crippen MR) is 49.8 cm³/mol. The first-order valence-electron chi connectivity index (χ1n) is 4.32. The van der Waals surface area contributed by atoms with E-state index in [1.54, 1.807) is 19.1 Å². The molecule has 0 aromatic heterocycles. The zero-order chi connectivity index (χ0) is 10.3. The van der Waals surface area contributed by atoms with Crippen molar-refractivity contribution >= 4 is 11.7 Å². The van der Waals surface area contributed by atoms with Gasteiger partial charge in [-0.2, -0.15) is 0 Å². The van der Waals surface area contributed by atoms with Gasteiger partial charge < -0.3 is 10.4 Å². The maximum atomic E-state index is 13.3. The molecule has 0 amide bonds. The van der Waals surface area contributed by atoms with Crippen molar-refractivity contribution in [3.63, 3.8) is 0 Å². The smallest absolute Gasteiger partial charge is 0.329 e. The Morgan fingerprint density at radius 2 is 2.36 bits per heavy atom. The molecule has 2 rings (SSSR count). The number of hydrogen-bond acceptors (Lipinski definition) is 2. The zero-order valence-electron chi connectivity index (χ0n) is 7.67. The molecule has 1 aliphatic rings. The summed E-state index contributed by atoms with van der Waals surface area (Å²) in [4.78, 5) is 10.9. The van der Waals surface area contributed by atoms with Crippen LogP contribution in [0.3, 0.4) is 0 Å². The van der Waals surface area contributed by atoms with Crippen LogP contribution in [0.15, 0.2) is 18.2 Å². The fourth-order valence-corrected chi connectivity index (χ4v) is 1.68. The van der Waals surface area contributed by atoms with E-state index in [9.17, 15) is 9.18 Å². The number of carboxylic acids is 1. The molecule has 1 atom stereocenters. The molecule has 3 nitrogen and oxygen atoms in total. The van der Waals surface area contributed by atoms with Crippen molar-refractivity contribution in [1.29, 1.82) is 0 Å². The van der Waals surface area contributed by atoms with E-state index < -0.39 is 11.5 Å². The number of nitrogens with one attached hydrogen (secondary N) is 1. The fraction of sp³-hybridized carbons (Fsp3) is 0.300. The van der Waals surface area contributed by atoms with E-state index in [1.807, 2.05) is 0 Å². The number of rotatable bonds is 1. The number of hydrogen-bond donors (Lipinski definition) is 2. The molecule has 1 heterocycles. The minimum atomic E-state index is -1.08. The normalized spacial score (nSPS) is 24.1. The highest BCUT2D eigenvalue weighted by Crippen LogP contribution is 2.33. The van der Waals surface area contributed by atoms with Crippen LogP contribution in [0.4, 0.5) is 10.1 Å². The van der Waals surface area contributed by atoms with E-state index in [4.69, 9.17) is 5.11 Å². The van der Waals surface area contributed by atoms with Gasteiger partial charge in [0.25, 0.3) is 0 Å². The van der Waals surface area contributed by atoms with Gasteiger partial charge >= 0.3 is 5.97 Å². The van der Waals surface area contributed by atoms with E-state index in [0.29, 0.717) is 11.3 Å². The Kier molecular flexibility index (Phi) is 1.74. The summed E-state index contributed by atoms with van der Waals surface area (Å²) < 4.78 is 13.3. The second-order valence-corrected chi connectivity index (χ2v) is 3.70. The van der Waals surface area contributed by atoms with Crippen LogP contribution < -0.4 is 5.32 Å². The van der Waals surface area contributed by atoms with Gasteiger partial charge in [-0.25, -0.2) is 9.18 Å². The van der Waals surface area contributed by atoms with Gasteiger partial charge in [0.15, 0.2) is 0 Å². The van der Waals surface area contributed by atoms with E-state index in [2.05, 4.69) is 5.32 Å². The van der Waals surface area contributed by atoms with Crippen LogP contribution in [-0.2, 0) is 11.2 Å². The van der Waals surface area contributed by atoms with E-state index in [0.717, 1.165) is 0 Å². The van der Waals surface area contributed by atoms with Gasteiger partial charge in [0.2, 0.25) is 0 Å². The van der Waals surface area contributed by atoms with Gasteiger partial charge in [0, 0.05) is 17.7 Å². The van der Waals surface area contributed by atoms with Crippen LogP contribution >= 0.6 is 0 Å². The SMILES string of the molecule is CC1(C(=O)O)Cc2c(F)cccc2N1. The summed E-state index contributed by atoms with van der Waals surface area (Å²) >= 11 is 0. The minimum absolute atomic E-state index is 0.185. The van der Waals surface area contributed by atoms with Crippen molar-refractivity contribution in [2.45, 2.75) is 18.9 Å². The first-order valence-corrected chi connectivity index (χ1v) is 4.32. The third kappa shape index (κ3) is 1.14. The lowest BCUT2D eigenvalue weighted by molar-refractivity contribution is -0.141. The van der Waals surface area contributed by atoms with Crippen molar-refractivity contribution in [3.05, 3.63) is 29.6 Å². The Morgan fingerprint density at radius 3 is 2.93 bits per heavy atom. The van der Waals surface area contributed by atoms with Crippen molar-refractivity contribution in [2.75, 3.05) is 5.32 Å². The number of anilines is 1. The number of carbonyl (C=O) groups is 1. The monoisotopic (exact) mass is 195 g/mol. The molecule has 1 aromatic rings. The molecule has 4 heteroatoms. The molecule has 0 aliphatic carbocycles. The lowest BCUT2D eigenvalue weighted by Crippen LogP contribution is -2.41. The number of fused-ring (bicyclic) bond motifs is 1. The summed E-state index contributed by atoms with van der Waals surface area (Å²) in [6.07, 6.45) is 0.185. The van der Waals surface area contributed by atoms with Crippen LogP contribution in [0.1, 0.15) is 12.5 Å². The van der Waals surface area contributed by atoms with Gasteiger partial charge in [0.05, 0.1) is 0 Å². The van der Waals surface area contributed by atoms with Gasteiger partial charge in [-0.15, -0.1) is 0 Å². The molecule has 0 radical (unpaired) electrons. The number of benzene rings is 1. The molecule has 2 N–H and O–H groups in total. The average Bonchev–Trinajstić information content (AvgIpc) is 2.45. The molecule has 14 heavy (non-hydrogen) atoms. The molecule has 0 saturated heterocycles. The maximum Gasteiger partial charge on any atom is 0.329 e. The van der Waals surface area contributed by atoms with Gasteiger partial charge in [-0.05, 0) is 19.1 Å². The summed E-state index contributed by atoms with van der Waals surface area (Å²) in [5.74, 6) is -1.31. The van der Waals surface area contributed by atoms with Crippen molar-refractivity contribution in [2.24, 2.45) is 0 Å². The highest BCUT2D eigenvalue weighted by Gasteiger charge is 2.40. The van der Waals surface area contributed by atoms with Crippen LogP contribution in [0.5, 0.6) is 0 Å². The molecule has 0 fully saturated rings. The quantitative estimate of drug-likeness (QED) is 0.716. The van der Waals surface area contributed by atoms with E-state index >= 15 is 0 Å². The van der Waals surface area contributed by atoms with E-state index in [-0.39, 0.29) is 12.2 Å². The van der Waals surface area contributed by atoms with Crippen molar-refractivity contribution in [1.82, 2.24) is 0 Å². The maximum absolute atomic E-state index is 13.3. The molecule has 1 unspecified atom stereocenters. The third-order valence-corrected chi connectivity index (χ3v) is 2.53. The Morgan fingerprint density at radius 1 is 1.64 bits per heavy atom. The second kappa shape index (κ2) is 2.70. The molecular weight excluding hydrogens is 185 g/mol. The Hall–Kier alpha value is -1.58. The Balaban J connectivity index is 2.44. The lowest BCUT2D eigenvalue weighted by atomic mass is 9.98. The molecule has 0 bridgehead atoms. The van der Waals surface area contributed by atoms with Crippen LogP contribution in [-0.4, -0.2) is 16.6 Å². The molecule has 0 spiro atoms. The number of halogens is 1. The van der Waals surface area contributed by atoms with Crippen molar-refractivity contribution in [3.8, 4) is 0 Å². The average molecular weight is 195 g/mol. The topological polar surface area (TPSA) is 49.3 Å². The summed E-state index contributed by atoms with van der Waals surface area (Å²) in [5.41, 5.74) is -0.0443. The first-order chi connectivity index (χ1) is 6.53. The number of carboxylic acid groups (broad SMARTS) is 1. The molecule has 1 aliphatic heterocycles. The fourth-order valence-electron chi connectivity index (χ4n) is 1.68. The second-order valence-electron chi connectivity index (χ2n) is 3.70. The summed E-state index contributed by atoms with van der Waals surface area (Å²) in [5, 5.41) is 11.8.